The third kappa shape index (κ3) is 9.16. The minimum atomic E-state index is -0.254. The number of aliphatic hydroxyl groups excluding tert-OH is 1. The SMILES string of the molecule is O=C(CCc1ccc(F)cc1)NCCN1CCCC(CO)C1.O=CO. The summed E-state index contributed by atoms with van der Waals surface area (Å²) in [4.78, 5) is 22.5. The molecule has 0 spiro atoms. The number of piperidine rings is 1. The molecule has 6 nitrogen and oxygen atoms in total. The first-order valence-corrected chi connectivity index (χ1v) is 8.51. The molecule has 1 amide bonds. The second kappa shape index (κ2) is 12.4. The zero-order valence-electron chi connectivity index (χ0n) is 14.4. The molecular weight excluding hydrogens is 327 g/mol. The van der Waals surface area contributed by atoms with E-state index in [-0.39, 0.29) is 24.8 Å². The topological polar surface area (TPSA) is 89.9 Å². The summed E-state index contributed by atoms with van der Waals surface area (Å²) in [7, 11) is 0. The Balaban J connectivity index is 0.000000970. The number of likely N-dealkylation sites (tertiary alicyclic amines) is 1. The van der Waals surface area contributed by atoms with E-state index in [4.69, 9.17) is 9.90 Å². The summed E-state index contributed by atoms with van der Waals surface area (Å²) in [6, 6.07) is 6.26. The van der Waals surface area contributed by atoms with Gasteiger partial charge in [0.25, 0.3) is 6.47 Å². The average molecular weight is 354 g/mol. The van der Waals surface area contributed by atoms with Gasteiger partial charge in [-0.3, -0.25) is 9.59 Å². The van der Waals surface area contributed by atoms with Crippen LogP contribution in [0.25, 0.3) is 0 Å². The third-order valence-corrected chi connectivity index (χ3v) is 4.17. The molecule has 1 saturated heterocycles. The van der Waals surface area contributed by atoms with Crippen molar-refractivity contribution in [2.75, 3.05) is 32.8 Å². The molecule has 0 bridgehead atoms. The maximum absolute atomic E-state index is 12.8. The summed E-state index contributed by atoms with van der Waals surface area (Å²) in [5, 5.41) is 19.0. The fourth-order valence-electron chi connectivity index (χ4n) is 2.85. The summed E-state index contributed by atoms with van der Waals surface area (Å²) >= 11 is 0. The van der Waals surface area contributed by atoms with Crippen LogP contribution in [-0.4, -0.2) is 60.3 Å². The van der Waals surface area contributed by atoms with E-state index in [2.05, 4.69) is 10.2 Å². The summed E-state index contributed by atoms with van der Waals surface area (Å²) in [6.45, 7) is 3.43. The zero-order chi connectivity index (χ0) is 18.5. The summed E-state index contributed by atoms with van der Waals surface area (Å²) < 4.78 is 12.8. The number of aryl methyl sites for hydroxylation is 1. The molecule has 2 rings (SSSR count). The quantitative estimate of drug-likeness (QED) is 0.642. The van der Waals surface area contributed by atoms with E-state index in [1.165, 1.54) is 12.1 Å². The van der Waals surface area contributed by atoms with Crippen LogP contribution in [0.3, 0.4) is 0 Å². The standard InChI is InChI=1S/C17H25FN2O2.CH2O2/c18-16-6-3-14(4-7-16)5-8-17(22)19-9-11-20-10-1-2-15(12-20)13-21;2-1-3/h3-4,6-7,15,21H,1-2,5,8-13H2,(H,19,22);1H,(H,2,3). The van der Waals surface area contributed by atoms with E-state index in [9.17, 15) is 14.3 Å². The summed E-state index contributed by atoms with van der Waals surface area (Å²) in [5.74, 6) is 0.152. The van der Waals surface area contributed by atoms with Gasteiger partial charge in [0.15, 0.2) is 0 Å². The van der Waals surface area contributed by atoms with Crippen LogP contribution in [0.15, 0.2) is 24.3 Å². The molecule has 1 aliphatic heterocycles. The van der Waals surface area contributed by atoms with E-state index < -0.39 is 0 Å². The van der Waals surface area contributed by atoms with Gasteiger partial charge in [-0.2, -0.15) is 0 Å². The molecule has 0 aromatic heterocycles. The molecule has 1 unspecified atom stereocenters. The molecule has 0 saturated carbocycles. The van der Waals surface area contributed by atoms with Crippen molar-refractivity contribution in [1.29, 1.82) is 0 Å². The van der Waals surface area contributed by atoms with Gasteiger partial charge in [-0.05, 0) is 49.4 Å². The van der Waals surface area contributed by atoms with E-state index in [1.807, 2.05) is 0 Å². The molecule has 1 heterocycles. The number of hydrogen-bond acceptors (Lipinski definition) is 4. The first kappa shape index (κ1) is 21.1. The van der Waals surface area contributed by atoms with Gasteiger partial charge >= 0.3 is 0 Å². The maximum atomic E-state index is 12.8. The number of benzene rings is 1. The van der Waals surface area contributed by atoms with Crippen LogP contribution in [0.2, 0.25) is 0 Å². The van der Waals surface area contributed by atoms with Gasteiger partial charge in [-0.1, -0.05) is 12.1 Å². The highest BCUT2D eigenvalue weighted by molar-refractivity contribution is 5.76. The van der Waals surface area contributed by atoms with Crippen LogP contribution in [0, 0.1) is 11.7 Å². The number of nitrogens with zero attached hydrogens (tertiary/aromatic N) is 1. The number of carbonyl (C=O) groups excluding carboxylic acids is 1. The number of aliphatic hydroxyl groups is 1. The second-order valence-electron chi connectivity index (χ2n) is 6.07. The maximum Gasteiger partial charge on any atom is 0.290 e. The van der Waals surface area contributed by atoms with Crippen molar-refractivity contribution < 1.29 is 24.2 Å². The first-order valence-electron chi connectivity index (χ1n) is 8.51. The van der Waals surface area contributed by atoms with Crippen LogP contribution < -0.4 is 5.32 Å². The highest BCUT2D eigenvalue weighted by Crippen LogP contribution is 2.14. The van der Waals surface area contributed by atoms with Crippen LogP contribution in [0.4, 0.5) is 4.39 Å². The zero-order valence-corrected chi connectivity index (χ0v) is 14.4. The fourth-order valence-corrected chi connectivity index (χ4v) is 2.85. The molecule has 0 radical (unpaired) electrons. The van der Waals surface area contributed by atoms with Gasteiger partial charge in [-0.15, -0.1) is 0 Å². The number of halogens is 1. The summed E-state index contributed by atoms with van der Waals surface area (Å²) in [5.41, 5.74) is 0.971. The van der Waals surface area contributed by atoms with Crippen LogP contribution in [-0.2, 0) is 16.0 Å². The van der Waals surface area contributed by atoms with Crippen LogP contribution in [0.5, 0.6) is 0 Å². The van der Waals surface area contributed by atoms with Crippen molar-refractivity contribution in [2.45, 2.75) is 25.7 Å². The van der Waals surface area contributed by atoms with Gasteiger partial charge in [0.1, 0.15) is 5.82 Å². The fraction of sp³-hybridized carbons (Fsp3) is 0.556. The van der Waals surface area contributed by atoms with Crippen LogP contribution in [0.1, 0.15) is 24.8 Å². The lowest BCUT2D eigenvalue weighted by atomic mass is 9.99. The molecule has 7 heteroatoms. The predicted molar refractivity (Wildman–Crippen MR) is 92.7 cm³/mol. The van der Waals surface area contributed by atoms with Crippen molar-refractivity contribution in [3.63, 3.8) is 0 Å². The molecule has 0 aliphatic carbocycles. The van der Waals surface area contributed by atoms with Crippen LogP contribution >= 0.6 is 0 Å². The number of carbonyl (C=O) groups is 2. The summed E-state index contributed by atoms with van der Waals surface area (Å²) in [6.07, 6.45) is 3.26. The van der Waals surface area contributed by atoms with Crippen molar-refractivity contribution in [3.8, 4) is 0 Å². The van der Waals surface area contributed by atoms with E-state index in [0.717, 1.165) is 38.0 Å². The van der Waals surface area contributed by atoms with Gasteiger partial charge in [-0.25, -0.2) is 4.39 Å². The Morgan fingerprint density at radius 3 is 2.68 bits per heavy atom. The highest BCUT2D eigenvalue weighted by Gasteiger charge is 2.18. The van der Waals surface area contributed by atoms with Gasteiger partial charge < -0.3 is 20.4 Å². The van der Waals surface area contributed by atoms with E-state index in [1.54, 1.807) is 12.1 Å². The number of rotatable bonds is 7. The molecule has 3 N–H and O–H groups in total. The number of hydrogen-bond donors (Lipinski definition) is 3. The van der Waals surface area contributed by atoms with Crippen molar-refractivity contribution in [2.24, 2.45) is 5.92 Å². The molecular formula is C18H27FN2O4. The molecule has 25 heavy (non-hydrogen) atoms. The smallest absolute Gasteiger partial charge is 0.290 e. The Hall–Kier alpha value is -1.99. The van der Waals surface area contributed by atoms with Crippen molar-refractivity contribution in [3.05, 3.63) is 35.6 Å². The third-order valence-electron chi connectivity index (χ3n) is 4.17. The Bertz CT molecular complexity index is 510. The lowest BCUT2D eigenvalue weighted by Gasteiger charge is -2.31. The Labute approximate surface area is 147 Å². The first-order chi connectivity index (χ1) is 12.1. The predicted octanol–water partition coefficient (Wildman–Crippen LogP) is 1.28. The molecule has 1 atom stereocenters. The second-order valence-corrected chi connectivity index (χ2v) is 6.07. The molecule has 1 fully saturated rings. The average Bonchev–Trinajstić information content (AvgIpc) is 2.62. The molecule has 140 valence electrons. The number of carboxylic acid groups (broad SMARTS) is 1. The molecule has 1 aromatic rings. The van der Waals surface area contributed by atoms with Crippen molar-refractivity contribution in [1.82, 2.24) is 10.2 Å². The largest absolute Gasteiger partial charge is 0.483 e. The highest BCUT2D eigenvalue weighted by atomic mass is 19.1. The lowest BCUT2D eigenvalue weighted by Crippen LogP contribution is -2.41. The number of amides is 1. The Morgan fingerprint density at radius 2 is 2.04 bits per heavy atom. The normalized spacial score (nSPS) is 17.3. The Kier molecular flexibility index (Phi) is 10.4. The Morgan fingerprint density at radius 1 is 1.36 bits per heavy atom. The van der Waals surface area contributed by atoms with Crippen molar-refractivity contribution >= 4 is 12.4 Å². The minimum Gasteiger partial charge on any atom is -0.483 e. The van der Waals surface area contributed by atoms with Gasteiger partial charge in [0.05, 0.1) is 0 Å². The van der Waals surface area contributed by atoms with Gasteiger partial charge in [0.2, 0.25) is 5.91 Å². The van der Waals surface area contributed by atoms with E-state index >= 15 is 0 Å². The number of nitrogens with one attached hydrogen (secondary N) is 1. The monoisotopic (exact) mass is 354 g/mol. The van der Waals surface area contributed by atoms with Gasteiger partial charge in [0, 0.05) is 32.7 Å². The lowest BCUT2D eigenvalue weighted by molar-refractivity contribution is -0.123. The van der Waals surface area contributed by atoms with E-state index in [0.29, 0.717) is 25.3 Å². The minimum absolute atomic E-state index is 0.0278. The molecule has 1 aliphatic rings. The molecule has 1 aromatic carbocycles.